The molecule has 2 aromatic carbocycles. The summed E-state index contributed by atoms with van der Waals surface area (Å²) in [6.07, 6.45) is 3.75. The Labute approximate surface area is 149 Å². The first-order valence-electron chi connectivity index (χ1n) is 8.55. The summed E-state index contributed by atoms with van der Waals surface area (Å²) < 4.78 is 1.63. The second kappa shape index (κ2) is 5.56. The lowest BCUT2D eigenvalue weighted by atomic mass is 9.99. The maximum absolute atomic E-state index is 12.3. The Balaban J connectivity index is 1.52. The van der Waals surface area contributed by atoms with E-state index in [1.807, 2.05) is 0 Å². The fourth-order valence-corrected chi connectivity index (χ4v) is 3.59. The van der Waals surface area contributed by atoms with Crippen LogP contribution in [0.15, 0.2) is 59.5 Å². The summed E-state index contributed by atoms with van der Waals surface area (Å²) in [5.74, 6) is 0.581. The van der Waals surface area contributed by atoms with Crippen LogP contribution in [0.3, 0.4) is 0 Å². The molecule has 1 aliphatic rings. The van der Waals surface area contributed by atoms with E-state index in [1.54, 1.807) is 17.9 Å². The molecule has 0 saturated heterocycles. The van der Waals surface area contributed by atoms with E-state index < -0.39 is 0 Å². The quantitative estimate of drug-likeness (QED) is 0.608. The lowest BCUT2D eigenvalue weighted by Crippen LogP contribution is -2.25. The normalized spacial score (nSPS) is 14.3. The predicted octanol–water partition coefficient (Wildman–Crippen LogP) is 2.71. The molecule has 0 unspecified atom stereocenters. The maximum Gasteiger partial charge on any atom is 0.263 e. The number of nitrogens with one attached hydrogen (secondary N) is 1. The van der Waals surface area contributed by atoms with Crippen LogP contribution in [0.25, 0.3) is 27.4 Å². The molecule has 0 bridgehead atoms. The first-order valence-corrected chi connectivity index (χ1v) is 8.55. The van der Waals surface area contributed by atoms with Crippen molar-refractivity contribution in [3.05, 3.63) is 70.7 Å². The molecule has 6 nitrogen and oxygen atoms in total. The topological polar surface area (TPSA) is 66.8 Å². The van der Waals surface area contributed by atoms with E-state index >= 15 is 0 Å². The number of aryl methyl sites for hydroxylation is 1. The number of rotatable bonds is 2. The first kappa shape index (κ1) is 14.9. The van der Waals surface area contributed by atoms with Gasteiger partial charge in [-0.05, 0) is 21.9 Å². The van der Waals surface area contributed by atoms with Gasteiger partial charge in [-0.25, -0.2) is 0 Å². The van der Waals surface area contributed by atoms with Crippen molar-refractivity contribution in [1.29, 1.82) is 0 Å². The molecule has 5 rings (SSSR count). The molecule has 0 spiro atoms. The van der Waals surface area contributed by atoms with Gasteiger partial charge in [0.15, 0.2) is 5.65 Å². The molecule has 2 aromatic heterocycles. The largest absolute Gasteiger partial charge is 0.334 e. The van der Waals surface area contributed by atoms with E-state index in [-0.39, 0.29) is 5.56 Å². The molecule has 0 amide bonds. The number of fused-ring (bicyclic) bond motifs is 2. The number of hydrogen-bond acceptors (Lipinski definition) is 4. The molecule has 1 N–H and O–H groups in total. The fraction of sp³-hybridized carbons (Fsp3) is 0.150. The summed E-state index contributed by atoms with van der Waals surface area (Å²) in [6, 6.07) is 14.8. The first-order chi connectivity index (χ1) is 12.7. The summed E-state index contributed by atoms with van der Waals surface area (Å²) in [7, 11) is 1.79. The van der Waals surface area contributed by atoms with Crippen molar-refractivity contribution in [3.8, 4) is 0 Å². The van der Waals surface area contributed by atoms with E-state index in [0.29, 0.717) is 30.1 Å². The van der Waals surface area contributed by atoms with E-state index in [0.717, 1.165) is 0 Å². The van der Waals surface area contributed by atoms with Gasteiger partial charge in [-0.15, -0.1) is 0 Å². The molecule has 0 fully saturated rings. The van der Waals surface area contributed by atoms with Crippen LogP contribution >= 0.6 is 0 Å². The molecular weight excluding hydrogens is 326 g/mol. The van der Waals surface area contributed by atoms with Gasteiger partial charge in [-0.3, -0.25) is 14.5 Å². The molecule has 1 aliphatic heterocycles. The van der Waals surface area contributed by atoms with Gasteiger partial charge in [-0.1, -0.05) is 48.5 Å². The number of anilines is 1. The van der Waals surface area contributed by atoms with Crippen LogP contribution in [0, 0.1) is 0 Å². The lowest BCUT2D eigenvalue weighted by molar-refractivity contribution is 0.782. The fourth-order valence-electron chi connectivity index (χ4n) is 3.59. The van der Waals surface area contributed by atoms with Crippen molar-refractivity contribution in [2.24, 2.45) is 7.05 Å². The summed E-state index contributed by atoms with van der Waals surface area (Å²) in [4.78, 5) is 21.9. The van der Waals surface area contributed by atoms with E-state index in [1.165, 1.54) is 21.9 Å². The molecule has 0 aliphatic carbocycles. The van der Waals surface area contributed by atoms with Gasteiger partial charge in [0.25, 0.3) is 5.56 Å². The summed E-state index contributed by atoms with van der Waals surface area (Å²) in [6.45, 7) is 1.42. The summed E-state index contributed by atoms with van der Waals surface area (Å²) >= 11 is 0. The predicted molar refractivity (Wildman–Crippen MR) is 103 cm³/mol. The molecule has 26 heavy (non-hydrogen) atoms. The van der Waals surface area contributed by atoms with Gasteiger partial charge < -0.3 is 4.90 Å². The Morgan fingerprint density at radius 3 is 2.85 bits per heavy atom. The highest BCUT2D eigenvalue weighted by Crippen LogP contribution is 2.29. The Bertz CT molecular complexity index is 1230. The molecular formula is C20H17N5O. The number of aromatic amines is 1. The summed E-state index contributed by atoms with van der Waals surface area (Å²) in [5.41, 5.74) is 2.92. The average Bonchev–Trinajstić information content (AvgIpc) is 3.29. The molecule has 0 atom stereocenters. The van der Waals surface area contributed by atoms with Gasteiger partial charge in [0.05, 0.1) is 6.20 Å². The molecule has 0 saturated carbocycles. The molecule has 128 valence electrons. The van der Waals surface area contributed by atoms with Crippen LogP contribution in [0.1, 0.15) is 5.56 Å². The highest BCUT2D eigenvalue weighted by molar-refractivity contribution is 5.95. The van der Waals surface area contributed by atoms with Crippen molar-refractivity contribution in [2.75, 3.05) is 18.0 Å². The highest BCUT2D eigenvalue weighted by Gasteiger charge is 2.20. The minimum absolute atomic E-state index is 0.156. The third-order valence-electron chi connectivity index (χ3n) is 4.94. The van der Waals surface area contributed by atoms with Crippen LogP contribution in [0.4, 0.5) is 5.95 Å². The maximum atomic E-state index is 12.3. The van der Waals surface area contributed by atoms with Gasteiger partial charge >= 0.3 is 0 Å². The van der Waals surface area contributed by atoms with E-state index in [4.69, 9.17) is 0 Å². The monoisotopic (exact) mass is 343 g/mol. The molecule has 6 heteroatoms. The van der Waals surface area contributed by atoms with Crippen LogP contribution < -0.4 is 10.5 Å². The van der Waals surface area contributed by atoms with Gasteiger partial charge in [0, 0.05) is 20.1 Å². The van der Waals surface area contributed by atoms with Crippen LogP contribution in [0.2, 0.25) is 0 Å². The number of H-pyrrole nitrogens is 1. The standard InChI is InChI=1S/C20H17N5O/c1-24-18-17(11-21-24)19(26)23-20(22-18)25-10-9-14(12-25)16-8-4-6-13-5-2-3-7-15(13)16/h2-9,11H,10,12H2,1H3,(H,22,23,26). The zero-order valence-corrected chi connectivity index (χ0v) is 14.3. The van der Waals surface area contributed by atoms with E-state index in [9.17, 15) is 4.79 Å². The van der Waals surface area contributed by atoms with Gasteiger partial charge in [-0.2, -0.15) is 10.1 Å². The van der Waals surface area contributed by atoms with Crippen molar-refractivity contribution in [2.45, 2.75) is 0 Å². The second-order valence-electron chi connectivity index (χ2n) is 6.53. The minimum Gasteiger partial charge on any atom is -0.334 e. The van der Waals surface area contributed by atoms with Crippen molar-refractivity contribution < 1.29 is 0 Å². The molecule has 4 aromatic rings. The second-order valence-corrected chi connectivity index (χ2v) is 6.53. The lowest BCUT2D eigenvalue weighted by Gasteiger charge is -2.17. The third-order valence-corrected chi connectivity index (χ3v) is 4.94. The van der Waals surface area contributed by atoms with Crippen molar-refractivity contribution in [3.63, 3.8) is 0 Å². The van der Waals surface area contributed by atoms with Crippen LogP contribution in [0.5, 0.6) is 0 Å². The SMILES string of the molecule is Cn1ncc2c(=O)[nH]c(N3CC=C(c4cccc5ccccc45)C3)nc21. The minimum atomic E-state index is -0.156. The van der Waals surface area contributed by atoms with Gasteiger partial charge in [0.1, 0.15) is 5.39 Å². The Morgan fingerprint density at radius 1 is 1.08 bits per heavy atom. The zero-order chi connectivity index (χ0) is 17.7. The third kappa shape index (κ3) is 2.23. The van der Waals surface area contributed by atoms with Crippen LogP contribution in [-0.4, -0.2) is 32.8 Å². The molecule has 0 radical (unpaired) electrons. The van der Waals surface area contributed by atoms with E-state index in [2.05, 4.69) is 68.5 Å². The zero-order valence-electron chi connectivity index (χ0n) is 14.3. The number of hydrogen-bond donors (Lipinski definition) is 1. The highest BCUT2D eigenvalue weighted by atomic mass is 16.1. The Kier molecular flexibility index (Phi) is 3.18. The molecule has 3 heterocycles. The Morgan fingerprint density at radius 2 is 1.92 bits per heavy atom. The average molecular weight is 343 g/mol. The smallest absolute Gasteiger partial charge is 0.263 e. The number of benzene rings is 2. The number of nitrogens with zero attached hydrogens (tertiary/aromatic N) is 4. The van der Waals surface area contributed by atoms with Gasteiger partial charge in [0.2, 0.25) is 5.95 Å². The Hall–Kier alpha value is -3.41. The van der Waals surface area contributed by atoms with Crippen LogP contribution in [-0.2, 0) is 7.05 Å². The summed E-state index contributed by atoms with van der Waals surface area (Å²) in [5, 5.41) is 7.11. The van der Waals surface area contributed by atoms with Crippen molar-refractivity contribution in [1.82, 2.24) is 19.7 Å². The number of aromatic nitrogens is 4. The van der Waals surface area contributed by atoms with Crippen molar-refractivity contribution >= 4 is 33.3 Å².